The van der Waals surface area contributed by atoms with Crippen LogP contribution in [0.15, 0.2) is 24.3 Å². The van der Waals surface area contributed by atoms with Gasteiger partial charge in [0.25, 0.3) is 5.91 Å². The average Bonchev–Trinajstić information content (AvgIpc) is 2.35. The summed E-state index contributed by atoms with van der Waals surface area (Å²) in [5, 5.41) is 8.61. The molecule has 0 atom stereocenters. The molecule has 0 bridgehead atoms. The lowest BCUT2D eigenvalue weighted by atomic mass is 10.0. The predicted molar refractivity (Wildman–Crippen MR) is 70.5 cm³/mol. The molecule has 4 heteroatoms. The van der Waals surface area contributed by atoms with Crippen molar-refractivity contribution in [3.05, 3.63) is 41.0 Å². The summed E-state index contributed by atoms with van der Waals surface area (Å²) < 4.78 is 0. The summed E-state index contributed by atoms with van der Waals surface area (Å²) in [5.74, 6) is -1.06. The maximum Gasteiger partial charge on any atom is 0.328 e. The first kappa shape index (κ1) is 14.0. The minimum absolute atomic E-state index is 0.0550. The number of amides is 1. The monoisotopic (exact) mass is 247 g/mol. The van der Waals surface area contributed by atoms with E-state index in [-0.39, 0.29) is 5.91 Å². The number of hydrogen-bond donors (Lipinski definition) is 1. The fourth-order valence-electron chi connectivity index (χ4n) is 1.58. The van der Waals surface area contributed by atoms with Crippen molar-refractivity contribution in [2.75, 3.05) is 13.6 Å². The van der Waals surface area contributed by atoms with E-state index in [1.165, 1.54) is 6.08 Å². The average molecular weight is 247 g/mol. The Kier molecular flexibility index (Phi) is 4.66. The molecule has 0 aliphatic carbocycles. The number of nitrogens with zero attached hydrogens (tertiary/aromatic N) is 1. The third-order valence-electron chi connectivity index (χ3n) is 2.83. The highest BCUT2D eigenvalue weighted by Crippen LogP contribution is 2.16. The number of aliphatic carboxylic acids is 1. The molecule has 0 aromatic heterocycles. The molecule has 1 N–H and O–H groups in total. The highest BCUT2D eigenvalue weighted by Gasteiger charge is 2.13. The van der Waals surface area contributed by atoms with Crippen LogP contribution < -0.4 is 0 Å². The lowest BCUT2D eigenvalue weighted by Crippen LogP contribution is -2.27. The van der Waals surface area contributed by atoms with Crippen LogP contribution in [0.5, 0.6) is 0 Å². The van der Waals surface area contributed by atoms with E-state index in [0.717, 1.165) is 17.2 Å². The standard InChI is InChI=1S/C14H17NO3/c1-4-15(3)14(18)12-7-5-6-11(10(12)2)8-9-13(16)17/h5-9H,4H2,1-3H3,(H,16,17). The zero-order valence-electron chi connectivity index (χ0n) is 10.8. The first-order valence-corrected chi connectivity index (χ1v) is 5.73. The van der Waals surface area contributed by atoms with Crippen LogP contribution in [0.4, 0.5) is 0 Å². The molecule has 0 spiro atoms. The zero-order chi connectivity index (χ0) is 13.7. The van der Waals surface area contributed by atoms with E-state index in [2.05, 4.69) is 0 Å². The molecular formula is C14H17NO3. The van der Waals surface area contributed by atoms with E-state index in [0.29, 0.717) is 12.1 Å². The van der Waals surface area contributed by atoms with Crippen LogP contribution in [0.3, 0.4) is 0 Å². The molecule has 18 heavy (non-hydrogen) atoms. The van der Waals surface area contributed by atoms with Crippen molar-refractivity contribution in [1.29, 1.82) is 0 Å². The second kappa shape index (κ2) is 6.00. The van der Waals surface area contributed by atoms with Crippen molar-refractivity contribution >= 4 is 18.0 Å². The van der Waals surface area contributed by atoms with Gasteiger partial charge in [-0.15, -0.1) is 0 Å². The maximum absolute atomic E-state index is 12.1. The normalized spacial score (nSPS) is 10.6. The van der Waals surface area contributed by atoms with Crippen molar-refractivity contribution in [3.8, 4) is 0 Å². The number of carbonyl (C=O) groups is 2. The van der Waals surface area contributed by atoms with E-state index in [9.17, 15) is 9.59 Å². The number of carboxylic acid groups (broad SMARTS) is 1. The predicted octanol–water partition coefficient (Wildman–Crippen LogP) is 2.18. The van der Waals surface area contributed by atoms with Crippen LogP contribution in [0.2, 0.25) is 0 Å². The molecule has 0 heterocycles. The van der Waals surface area contributed by atoms with Gasteiger partial charge in [0.1, 0.15) is 0 Å². The van der Waals surface area contributed by atoms with Crippen LogP contribution in [0, 0.1) is 6.92 Å². The summed E-state index contributed by atoms with van der Waals surface area (Å²) in [5.41, 5.74) is 2.14. The molecule has 0 saturated heterocycles. The Labute approximate surface area is 107 Å². The fraction of sp³-hybridized carbons (Fsp3) is 0.286. The molecule has 96 valence electrons. The van der Waals surface area contributed by atoms with Crippen molar-refractivity contribution in [2.24, 2.45) is 0 Å². The van der Waals surface area contributed by atoms with Gasteiger partial charge in [-0.05, 0) is 37.1 Å². The Morgan fingerprint density at radius 2 is 2.06 bits per heavy atom. The summed E-state index contributed by atoms with van der Waals surface area (Å²) in [6.45, 7) is 4.35. The van der Waals surface area contributed by atoms with Gasteiger partial charge in [-0.3, -0.25) is 4.79 Å². The molecule has 1 aromatic carbocycles. The lowest BCUT2D eigenvalue weighted by molar-refractivity contribution is -0.131. The first-order chi connectivity index (χ1) is 8.47. The zero-order valence-corrected chi connectivity index (χ0v) is 10.8. The number of benzene rings is 1. The third-order valence-corrected chi connectivity index (χ3v) is 2.83. The summed E-state index contributed by atoms with van der Waals surface area (Å²) in [6.07, 6.45) is 2.57. The molecule has 0 aliphatic rings. The third kappa shape index (κ3) is 3.20. The van der Waals surface area contributed by atoms with Gasteiger partial charge >= 0.3 is 5.97 Å². The smallest absolute Gasteiger partial charge is 0.328 e. The van der Waals surface area contributed by atoms with Gasteiger partial charge in [-0.2, -0.15) is 0 Å². The first-order valence-electron chi connectivity index (χ1n) is 5.73. The number of carboxylic acids is 1. The second-order valence-corrected chi connectivity index (χ2v) is 4.01. The molecule has 0 saturated carbocycles. The minimum atomic E-state index is -1.00. The second-order valence-electron chi connectivity index (χ2n) is 4.01. The molecule has 1 aromatic rings. The van der Waals surface area contributed by atoms with E-state index in [1.54, 1.807) is 30.1 Å². The Hall–Kier alpha value is -2.10. The molecule has 0 aliphatic heterocycles. The molecule has 0 radical (unpaired) electrons. The van der Waals surface area contributed by atoms with Gasteiger partial charge in [-0.25, -0.2) is 4.79 Å². The number of hydrogen-bond acceptors (Lipinski definition) is 2. The quantitative estimate of drug-likeness (QED) is 0.830. The summed E-state index contributed by atoms with van der Waals surface area (Å²) in [4.78, 5) is 24.2. The molecular weight excluding hydrogens is 230 g/mol. The van der Waals surface area contributed by atoms with Gasteiger partial charge in [-0.1, -0.05) is 12.1 Å². The van der Waals surface area contributed by atoms with E-state index >= 15 is 0 Å². The molecule has 1 amide bonds. The lowest BCUT2D eigenvalue weighted by Gasteiger charge is -2.16. The van der Waals surface area contributed by atoms with Gasteiger partial charge in [0.2, 0.25) is 0 Å². The highest BCUT2D eigenvalue weighted by molar-refractivity contribution is 5.96. The minimum Gasteiger partial charge on any atom is -0.478 e. The van der Waals surface area contributed by atoms with Crippen molar-refractivity contribution in [3.63, 3.8) is 0 Å². The van der Waals surface area contributed by atoms with Crippen LogP contribution >= 0.6 is 0 Å². The van der Waals surface area contributed by atoms with E-state index < -0.39 is 5.97 Å². The maximum atomic E-state index is 12.1. The van der Waals surface area contributed by atoms with Crippen molar-refractivity contribution in [1.82, 2.24) is 4.90 Å². The number of rotatable bonds is 4. The fourth-order valence-corrected chi connectivity index (χ4v) is 1.58. The number of carbonyl (C=O) groups excluding carboxylic acids is 1. The molecule has 0 fully saturated rings. The van der Waals surface area contributed by atoms with Crippen LogP contribution in [0.25, 0.3) is 6.08 Å². The topological polar surface area (TPSA) is 57.6 Å². The van der Waals surface area contributed by atoms with Gasteiger partial charge in [0, 0.05) is 25.2 Å². The van der Waals surface area contributed by atoms with Crippen molar-refractivity contribution < 1.29 is 14.7 Å². The largest absolute Gasteiger partial charge is 0.478 e. The Balaban J connectivity index is 3.13. The summed E-state index contributed by atoms with van der Waals surface area (Å²) >= 11 is 0. The molecule has 4 nitrogen and oxygen atoms in total. The highest BCUT2D eigenvalue weighted by atomic mass is 16.4. The Bertz CT molecular complexity index is 492. The van der Waals surface area contributed by atoms with Crippen molar-refractivity contribution in [2.45, 2.75) is 13.8 Å². The summed E-state index contributed by atoms with van der Waals surface area (Å²) in [6, 6.07) is 5.30. The molecule has 0 unspecified atom stereocenters. The van der Waals surface area contributed by atoms with Crippen LogP contribution in [-0.2, 0) is 4.79 Å². The van der Waals surface area contributed by atoms with Gasteiger partial charge < -0.3 is 10.0 Å². The van der Waals surface area contributed by atoms with Crippen LogP contribution in [0.1, 0.15) is 28.4 Å². The van der Waals surface area contributed by atoms with E-state index in [4.69, 9.17) is 5.11 Å². The van der Waals surface area contributed by atoms with E-state index in [1.807, 2.05) is 13.8 Å². The Morgan fingerprint density at radius 3 is 2.61 bits per heavy atom. The van der Waals surface area contributed by atoms with Gasteiger partial charge in [0.05, 0.1) is 0 Å². The molecule has 1 rings (SSSR count). The summed E-state index contributed by atoms with van der Waals surface area (Å²) in [7, 11) is 1.74. The van der Waals surface area contributed by atoms with Crippen LogP contribution in [-0.4, -0.2) is 35.5 Å². The Morgan fingerprint density at radius 1 is 1.39 bits per heavy atom. The van der Waals surface area contributed by atoms with Gasteiger partial charge in [0.15, 0.2) is 0 Å². The SMILES string of the molecule is CCN(C)C(=O)c1cccc(C=CC(=O)O)c1C.